The van der Waals surface area contributed by atoms with Gasteiger partial charge in [0.1, 0.15) is 12.1 Å². The largest absolute Gasteiger partial charge is 0.748 e. The number of oxazole rings is 1. The number of fused-ring (bicyclic) bond motifs is 1. The minimum atomic E-state index is -4.39. The third kappa shape index (κ3) is 10.0. The third-order valence-corrected chi connectivity index (χ3v) is 7.43. The Bertz CT molecular complexity index is 1400. The van der Waals surface area contributed by atoms with E-state index in [1.807, 2.05) is 29.1 Å². The number of nitrogens with zero attached hydrogens (tertiary/aromatic N) is 3. The maximum absolute atomic E-state index is 11.1. The molecule has 2 heterocycles. The first-order valence-corrected chi connectivity index (χ1v) is 15.3. The maximum atomic E-state index is 11.1. The highest BCUT2D eigenvalue weighted by Crippen LogP contribution is 2.27. The van der Waals surface area contributed by atoms with E-state index in [9.17, 15) is 26.2 Å². The van der Waals surface area contributed by atoms with Crippen LogP contribution in [0, 0.1) is 0 Å². The Labute approximate surface area is 221 Å². The van der Waals surface area contributed by atoms with Crippen molar-refractivity contribution in [2.24, 2.45) is 0 Å². The second-order valence-electron chi connectivity index (χ2n) is 8.94. The van der Waals surface area contributed by atoms with Gasteiger partial charge in [-0.3, -0.25) is 9.35 Å². The van der Waals surface area contributed by atoms with Gasteiger partial charge < -0.3 is 19.0 Å². The molecule has 38 heavy (non-hydrogen) atoms. The summed E-state index contributed by atoms with van der Waals surface area (Å²) in [5, 5.41) is 8.70. The normalized spacial score (nSPS) is 12.2. The monoisotopic (exact) mass is 569 g/mol. The van der Waals surface area contributed by atoms with Crippen molar-refractivity contribution < 1.29 is 44.8 Å². The van der Waals surface area contributed by atoms with Gasteiger partial charge in [-0.25, -0.2) is 18.0 Å². The van der Waals surface area contributed by atoms with Gasteiger partial charge in [-0.05, 0) is 37.8 Å². The van der Waals surface area contributed by atoms with E-state index in [0.717, 1.165) is 24.9 Å². The lowest BCUT2D eigenvalue weighted by atomic mass is 10.2. The Hall–Kier alpha value is -3.07. The Morgan fingerprint density at radius 3 is 2.29 bits per heavy atom. The van der Waals surface area contributed by atoms with Crippen LogP contribution in [-0.2, 0) is 31.6 Å². The van der Waals surface area contributed by atoms with Crippen LogP contribution in [0.3, 0.4) is 0 Å². The van der Waals surface area contributed by atoms with Crippen LogP contribution in [0.2, 0.25) is 0 Å². The summed E-state index contributed by atoms with van der Waals surface area (Å²) in [6.07, 6.45) is 6.47. The van der Waals surface area contributed by atoms with Crippen molar-refractivity contribution in [3.63, 3.8) is 0 Å². The molecule has 1 aromatic carbocycles. The topological polar surface area (TPSA) is 182 Å². The molecule has 14 heteroatoms. The zero-order valence-corrected chi connectivity index (χ0v) is 22.4. The zero-order chi connectivity index (χ0) is 27.8. The molecule has 0 aliphatic carbocycles. The standard InChI is InChI=1S/C24H31N3O9S2/c28-23(29)6-2-1-3-11-26-14-9-19(10-15-26)24-25-21-8-7-20(18-22(21)36-24)27(12-4-16-37(30,31)32)13-5-17-38(33,34)35/h7-10,14-15,18H,1-6,11-13,16-17H2,(H2-,28,29,30,31,32,33,34,35). The van der Waals surface area contributed by atoms with Crippen LogP contribution >= 0.6 is 0 Å². The van der Waals surface area contributed by atoms with Crippen LogP contribution in [-0.4, -0.2) is 66.6 Å². The van der Waals surface area contributed by atoms with Crippen molar-refractivity contribution in [2.45, 2.75) is 45.1 Å². The van der Waals surface area contributed by atoms with E-state index >= 15 is 0 Å². The first-order valence-electron chi connectivity index (χ1n) is 12.2. The average molecular weight is 570 g/mol. The molecule has 0 bridgehead atoms. The Morgan fingerprint density at radius 2 is 1.66 bits per heavy atom. The molecule has 2 N–H and O–H groups in total. The van der Waals surface area contributed by atoms with Crippen LogP contribution in [0.25, 0.3) is 22.6 Å². The molecule has 208 valence electrons. The first-order chi connectivity index (χ1) is 17.9. The van der Waals surface area contributed by atoms with Crippen molar-refractivity contribution in [1.82, 2.24) is 4.98 Å². The van der Waals surface area contributed by atoms with E-state index in [1.54, 1.807) is 23.1 Å². The number of pyridine rings is 1. The SMILES string of the molecule is O=C(O)CCCCC[n+]1ccc(-c2nc3ccc(N(CCCS(=O)(=O)[O-])CCCS(=O)(=O)O)cc3o2)cc1. The highest BCUT2D eigenvalue weighted by Gasteiger charge is 2.15. The number of unbranched alkanes of at least 4 members (excludes halogenated alkanes) is 2. The van der Waals surface area contributed by atoms with Gasteiger partial charge >= 0.3 is 5.97 Å². The predicted molar refractivity (Wildman–Crippen MR) is 138 cm³/mol. The summed E-state index contributed by atoms with van der Waals surface area (Å²) in [6, 6.07) is 8.93. The molecule has 0 aliphatic rings. The smallest absolute Gasteiger partial charge is 0.303 e. The lowest BCUT2D eigenvalue weighted by molar-refractivity contribution is -0.697. The van der Waals surface area contributed by atoms with Crippen molar-refractivity contribution in [3.05, 3.63) is 42.7 Å². The lowest BCUT2D eigenvalue weighted by Gasteiger charge is -2.25. The molecule has 0 fully saturated rings. The van der Waals surface area contributed by atoms with Gasteiger partial charge in [-0.1, -0.05) is 0 Å². The van der Waals surface area contributed by atoms with Gasteiger partial charge in [0, 0.05) is 61.1 Å². The average Bonchev–Trinajstić information content (AvgIpc) is 3.25. The van der Waals surface area contributed by atoms with E-state index in [4.69, 9.17) is 14.1 Å². The van der Waals surface area contributed by atoms with Gasteiger partial charge in [-0.15, -0.1) is 0 Å². The number of hydrogen-bond acceptors (Lipinski definition) is 9. The lowest BCUT2D eigenvalue weighted by Crippen LogP contribution is -2.32. The molecule has 0 unspecified atom stereocenters. The van der Waals surface area contributed by atoms with E-state index in [-0.39, 0.29) is 32.4 Å². The zero-order valence-electron chi connectivity index (χ0n) is 20.7. The second kappa shape index (κ2) is 13.1. The number of anilines is 1. The molecule has 0 atom stereocenters. The predicted octanol–water partition coefficient (Wildman–Crippen LogP) is 2.45. The number of benzene rings is 1. The van der Waals surface area contributed by atoms with Gasteiger partial charge in [0.25, 0.3) is 10.1 Å². The van der Waals surface area contributed by atoms with Crippen LogP contribution in [0.15, 0.2) is 47.1 Å². The fourth-order valence-electron chi connectivity index (χ4n) is 3.97. The highest BCUT2D eigenvalue weighted by atomic mass is 32.2. The molecule has 0 aliphatic heterocycles. The van der Waals surface area contributed by atoms with Crippen LogP contribution in [0.1, 0.15) is 38.5 Å². The Balaban J connectivity index is 1.70. The molecule has 0 saturated heterocycles. The molecule has 0 radical (unpaired) electrons. The van der Waals surface area contributed by atoms with E-state index in [0.29, 0.717) is 29.1 Å². The molecular formula is C24H31N3O9S2. The van der Waals surface area contributed by atoms with Gasteiger partial charge in [0.05, 0.1) is 15.9 Å². The summed E-state index contributed by atoms with van der Waals surface area (Å²) in [6.45, 7) is 1.16. The number of aromatic nitrogens is 2. The quantitative estimate of drug-likeness (QED) is 0.147. The second-order valence-corrected chi connectivity index (χ2v) is 12.0. The number of carboxylic acids is 1. The molecule has 12 nitrogen and oxygen atoms in total. The van der Waals surface area contributed by atoms with Crippen LogP contribution in [0.4, 0.5) is 5.69 Å². The fourth-order valence-corrected chi connectivity index (χ4v) is 4.95. The number of rotatable bonds is 16. The molecular weight excluding hydrogens is 538 g/mol. The summed E-state index contributed by atoms with van der Waals surface area (Å²) >= 11 is 0. The maximum Gasteiger partial charge on any atom is 0.303 e. The minimum absolute atomic E-state index is 0.0565. The van der Waals surface area contributed by atoms with E-state index in [2.05, 4.69) is 4.98 Å². The highest BCUT2D eigenvalue weighted by molar-refractivity contribution is 7.85. The van der Waals surface area contributed by atoms with Crippen molar-refractivity contribution in [3.8, 4) is 11.5 Å². The molecule has 0 saturated carbocycles. The summed E-state index contributed by atoms with van der Waals surface area (Å²) < 4.78 is 72.2. The summed E-state index contributed by atoms with van der Waals surface area (Å²) in [5.41, 5.74) is 2.46. The Kier molecular flexibility index (Phi) is 10.2. The van der Waals surface area contributed by atoms with E-state index in [1.165, 1.54) is 0 Å². The van der Waals surface area contributed by atoms with Gasteiger partial charge in [0.2, 0.25) is 5.89 Å². The van der Waals surface area contributed by atoms with Crippen LogP contribution < -0.4 is 9.47 Å². The van der Waals surface area contributed by atoms with Gasteiger partial charge in [0.15, 0.2) is 18.0 Å². The van der Waals surface area contributed by atoms with Gasteiger partial charge in [-0.2, -0.15) is 8.42 Å². The summed E-state index contributed by atoms with van der Waals surface area (Å²) in [5.74, 6) is -1.38. The summed E-state index contributed by atoms with van der Waals surface area (Å²) in [4.78, 5) is 16.8. The van der Waals surface area contributed by atoms with Crippen molar-refractivity contribution in [2.75, 3.05) is 29.5 Å². The molecule has 3 aromatic rings. The molecule has 2 aromatic heterocycles. The fraction of sp³-hybridized carbons (Fsp3) is 0.458. The summed E-state index contributed by atoms with van der Waals surface area (Å²) in [7, 11) is -8.53. The van der Waals surface area contributed by atoms with E-state index < -0.39 is 37.7 Å². The van der Waals surface area contributed by atoms with Crippen molar-refractivity contribution in [1.29, 1.82) is 0 Å². The third-order valence-electron chi connectivity index (χ3n) is 5.83. The number of aliphatic carboxylic acids is 1. The number of aryl methyl sites for hydroxylation is 1. The number of carboxylic acid groups (broad SMARTS) is 1. The Morgan fingerprint density at radius 1 is 0.974 bits per heavy atom. The van der Waals surface area contributed by atoms with Crippen molar-refractivity contribution >= 4 is 43.0 Å². The number of hydrogen-bond donors (Lipinski definition) is 2. The number of carbonyl (C=O) groups is 1. The molecule has 3 rings (SSSR count). The molecule has 0 spiro atoms. The van der Waals surface area contributed by atoms with Crippen LogP contribution in [0.5, 0.6) is 0 Å². The molecule has 0 amide bonds. The minimum Gasteiger partial charge on any atom is -0.748 e. The first kappa shape index (κ1) is 29.5.